The summed E-state index contributed by atoms with van der Waals surface area (Å²) in [5.41, 5.74) is 6.03. The van der Waals surface area contributed by atoms with Crippen molar-refractivity contribution in [2.24, 2.45) is 0 Å². The lowest BCUT2D eigenvalue weighted by molar-refractivity contribution is 0.0251. The molecule has 3 aliphatic heterocycles. The Morgan fingerprint density at radius 2 is 1.20 bits per heavy atom. The number of anilines is 3. The minimum Gasteiger partial charge on any atom is -0.441 e. The van der Waals surface area contributed by atoms with Crippen LogP contribution < -0.4 is 14.7 Å². The monoisotopic (exact) mass is 467 g/mol. The van der Waals surface area contributed by atoms with Crippen molar-refractivity contribution in [3.63, 3.8) is 0 Å². The average molecular weight is 468 g/mol. The molecule has 35 heavy (non-hydrogen) atoms. The first kappa shape index (κ1) is 22.0. The largest absolute Gasteiger partial charge is 0.441 e. The molecule has 3 aromatic rings. The van der Waals surface area contributed by atoms with Gasteiger partial charge in [0, 0.05) is 74.0 Å². The van der Waals surface area contributed by atoms with Crippen LogP contribution in [0.5, 0.6) is 0 Å². The van der Waals surface area contributed by atoms with Crippen LogP contribution in [0.15, 0.2) is 66.7 Å². The number of cyclic esters (lactones) is 1. The number of carbonyl (C=O) groups is 1. The van der Waals surface area contributed by atoms with Crippen LogP contribution in [0.4, 0.5) is 17.1 Å². The number of hydrogen-bond donors (Lipinski definition) is 0. The van der Waals surface area contributed by atoms with Gasteiger partial charge in [-0.15, -0.1) is 0 Å². The Kier molecular flexibility index (Phi) is 5.43. The Labute approximate surface area is 207 Å². The number of benzene rings is 3. The van der Waals surface area contributed by atoms with E-state index in [0.29, 0.717) is 5.56 Å². The van der Waals surface area contributed by atoms with Crippen molar-refractivity contribution in [3.05, 3.63) is 89.0 Å². The third-order valence-corrected chi connectivity index (χ3v) is 7.85. The van der Waals surface area contributed by atoms with Crippen LogP contribution in [0, 0.1) is 0 Å². The number of carbonyl (C=O) groups excluding carboxylic acids is 1. The summed E-state index contributed by atoms with van der Waals surface area (Å²) in [7, 11) is 3.98. The zero-order chi connectivity index (χ0) is 24.0. The summed E-state index contributed by atoms with van der Waals surface area (Å²) in [6.45, 7) is 4.42. The molecule has 5 heteroatoms. The maximum Gasteiger partial charge on any atom is 0.340 e. The van der Waals surface area contributed by atoms with Crippen molar-refractivity contribution in [1.29, 1.82) is 0 Å². The molecular weight excluding hydrogens is 434 g/mol. The molecule has 2 saturated heterocycles. The molecule has 0 aliphatic carbocycles. The summed E-state index contributed by atoms with van der Waals surface area (Å²) in [5, 5.41) is 0. The fourth-order valence-electron chi connectivity index (χ4n) is 5.90. The molecule has 0 N–H and O–H groups in total. The molecule has 0 bridgehead atoms. The van der Waals surface area contributed by atoms with Crippen LogP contribution in [0.2, 0.25) is 0 Å². The molecule has 2 fully saturated rings. The van der Waals surface area contributed by atoms with Crippen LogP contribution in [-0.4, -0.2) is 46.2 Å². The second kappa shape index (κ2) is 8.63. The molecule has 0 aromatic heterocycles. The van der Waals surface area contributed by atoms with E-state index in [-0.39, 0.29) is 5.97 Å². The molecule has 0 atom stereocenters. The van der Waals surface area contributed by atoms with Crippen molar-refractivity contribution in [1.82, 2.24) is 0 Å². The fourth-order valence-corrected chi connectivity index (χ4v) is 5.90. The van der Waals surface area contributed by atoms with Crippen LogP contribution in [-0.2, 0) is 10.3 Å². The molecule has 5 nitrogen and oxygen atoms in total. The van der Waals surface area contributed by atoms with Crippen molar-refractivity contribution >= 4 is 23.0 Å². The number of hydrogen-bond acceptors (Lipinski definition) is 5. The summed E-state index contributed by atoms with van der Waals surface area (Å²) in [4.78, 5) is 20.2. The second-order valence-corrected chi connectivity index (χ2v) is 10.2. The van der Waals surface area contributed by atoms with Gasteiger partial charge in [-0.2, -0.15) is 0 Å². The summed E-state index contributed by atoms with van der Waals surface area (Å²) >= 11 is 0. The SMILES string of the molecule is CN(C)c1ccc2c(c1)C(=O)OC2(c1ccc(N2CCCC2)cc1)c1ccc(N2CCCC2)cc1. The van der Waals surface area contributed by atoms with Gasteiger partial charge < -0.3 is 19.4 Å². The molecule has 0 spiro atoms. The first-order chi connectivity index (χ1) is 17.1. The minimum atomic E-state index is -0.954. The molecule has 3 aliphatic rings. The Balaban J connectivity index is 1.47. The van der Waals surface area contributed by atoms with Crippen molar-refractivity contribution in [2.75, 3.05) is 55.0 Å². The zero-order valence-corrected chi connectivity index (χ0v) is 20.7. The molecule has 0 unspecified atom stereocenters. The highest BCUT2D eigenvalue weighted by molar-refractivity contribution is 5.97. The highest BCUT2D eigenvalue weighted by atomic mass is 16.6. The Morgan fingerprint density at radius 1 is 0.714 bits per heavy atom. The predicted octanol–water partition coefficient (Wildman–Crippen LogP) is 5.42. The maximum atomic E-state index is 13.3. The third-order valence-electron chi connectivity index (χ3n) is 7.85. The number of nitrogens with zero attached hydrogens (tertiary/aromatic N) is 3. The lowest BCUT2D eigenvalue weighted by atomic mass is 9.79. The Morgan fingerprint density at radius 3 is 1.66 bits per heavy atom. The van der Waals surface area contributed by atoms with Gasteiger partial charge in [-0.05, 0) is 62.1 Å². The number of rotatable bonds is 5. The van der Waals surface area contributed by atoms with E-state index in [2.05, 4.69) is 70.5 Å². The normalized spacial score (nSPS) is 18.6. The van der Waals surface area contributed by atoms with Crippen LogP contribution in [0.3, 0.4) is 0 Å². The minimum absolute atomic E-state index is 0.268. The van der Waals surface area contributed by atoms with E-state index in [1.807, 2.05) is 25.1 Å². The van der Waals surface area contributed by atoms with Crippen molar-refractivity contribution in [2.45, 2.75) is 31.3 Å². The van der Waals surface area contributed by atoms with E-state index < -0.39 is 5.60 Å². The van der Waals surface area contributed by atoms with Crippen LogP contribution >= 0.6 is 0 Å². The van der Waals surface area contributed by atoms with E-state index in [9.17, 15) is 4.79 Å². The number of ether oxygens (including phenoxy) is 1. The molecule has 3 heterocycles. The summed E-state index contributed by atoms with van der Waals surface area (Å²) in [6, 6.07) is 23.4. The topological polar surface area (TPSA) is 36.0 Å². The summed E-state index contributed by atoms with van der Waals surface area (Å²) < 4.78 is 6.37. The fraction of sp³-hybridized carbons (Fsp3) is 0.367. The molecule has 0 radical (unpaired) electrons. The van der Waals surface area contributed by atoms with E-state index in [1.54, 1.807) is 0 Å². The third kappa shape index (κ3) is 3.65. The standard InChI is InChI=1S/C30H33N3O2/c1-31(2)26-15-16-28-27(21-26)29(34)35-30(28,22-7-11-24(12-8-22)32-17-3-4-18-32)23-9-13-25(14-10-23)33-19-5-6-20-33/h7-16,21H,3-6,17-20H2,1-2H3. The van der Waals surface area contributed by atoms with Crippen molar-refractivity contribution in [3.8, 4) is 0 Å². The van der Waals surface area contributed by atoms with Crippen molar-refractivity contribution < 1.29 is 9.53 Å². The van der Waals surface area contributed by atoms with Crippen LogP contribution in [0.25, 0.3) is 0 Å². The smallest absolute Gasteiger partial charge is 0.340 e. The van der Waals surface area contributed by atoms with Gasteiger partial charge in [-0.25, -0.2) is 4.79 Å². The number of esters is 1. The Bertz CT molecular complexity index is 1160. The van der Waals surface area contributed by atoms with Gasteiger partial charge in [0.25, 0.3) is 0 Å². The highest BCUT2D eigenvalue weighted by Gasteiger charge is 2.48. The quantitative estimate of drug-likeness (QED) is 0.469. The summed E-state index contributed by atoms with van der Waals surface area (Å²) in [5.74, 6) is -0.268. The molecule has 0 amide bonds. The van der Waals surface area contributed by atoms with Crippen LogP contribution in [0.1, 0.15) is 52.7 Å². The first-order valence-corrected chi connectivity index (χ1v) is 12.8. The molecule has 0 saturated carbocycles. The van der Waals surface area contributed by atoms with Gasteiger partial charge in [-0.1, -0.05) is 30.3 Å². The average Bonchev–Trinajstić information content (AvgIpc) is 3.66. The lowest BCUT2D eigenvalue weighted by Gasteiger charge is -2.31. The molecular formula is C30H33N3O2. The van der Waals surface area contributed by atoms with Gasteiger partial charge in [0.1, 0.15) is 0 Å². The molecule has 3 aromatic carbocycles. The summed E-state index contributed by atoms with van der Waals surface area (Å²) in [6.07, 6.45) is 4.98. The molecule has 6 rings (SSSR count). The van der Waals surface area contributed by atoms with E-state index in [1.165, 1.54) is 37.1 Å². The van der Waals surface area contributed by atoms with Gasteiger partial charge in [-0.3, -0.25) is 0 Å². The number of fused-ring (bicyclic) bond motifs is 1. The van der Waals surface area contributed by atoms with Gasteiger partial charge in [0.15, 0.2) is 5.60 Å². The predicted molar refractivity (Wildman–Crippen MR) is 142 cm³/mol. The van der Waals surface area contributed by atoms with Gasteiger partial charge >= 0.3 is 5.97 Å². The van der Waals surface area contributed by atoms with E-state index in [4.69, 9.17) is 4.74 Å². The molecule has 180 valence electrons. The highest BCUT2D eigenvalue weighted by Crippen LogP contribution is 2.48. The maximum absolute atomic E-state index is 13.3. The van der Waals surface area contributed by atoms with Gasteiger partial charge in [0.05, 0.1) is 5.56 Å². The second-order valence-electron chi connectivity index (χ2n) is 10.2. The Hall–Kier alpha value is -3.47. The van der Waals surface area contributed by atoms with E-state index >= 15 is 0 Å². The zero-order valence-electron chi connectivity index (χ0n) is 20.7. The lowest BCUT2D eigenvalue weighted by Crippen LogP contribution is -2.30. The van der Waals surface area contributed by atoms with Gasteiger partial charge in [0.2, 0.25) is 0 Å². The van der Waals surface area contributed by atoms with E-state index in [0.717, 1.165) is 48.6 Å². The first-order valence-electron chi connectivity index (χ1n) is 12.8.